The Labute approximate surface area is 96.5 Å². The van der Waals surface area contributed by atoms with Crippen molar-refractivity contribution in [2.75, 3.05) is 14.2 Å². The van der Waals surface area contributed by atoms with Gasteiger partial charge in [0.1, 0.15) is 8.07 Å². The van der Waals surface area contributed by atoms with Gasteiger partial charge in [-0.15, -0.1) is 5.54 Å². The first-order valence-corrected chi connectivity index (χ1v) is 8.25. The van der Waals surface area contributed by atoms with Gasteiger partial charge in [0.15, 0.2) is 6.04 Å². The van der Waals surface area contributed by atoms with E-state index in [-0.39, 0.29) is 0 Å². The largest absolute Gasteiger partial charge is 0.467 e. The van der Waals surface area contributed by atoms with Gasteiger partial charge < -0.3 is 9.47 Å². The first kappa shape index (κ1) is 14.5. The summed E-state index contributed by atoms with van der Waals surface area (Å²) in [6, 6.07) is -0.968. The standard InChI is InChI=1S/C10H17NO4Si/c1-14-9(12)8(11-10(13)15-2)6-7-16(3,4)5/h8H,1-5H3,(H,11,13). The molecule has 0 aromatic rings. The van der Waals surface area contributed by atoms with Crippen molar-refractivity contribution in [1.29, 1.82) is 0 Å². The number of hydrogen-bond acceptors (Lipinski definition) is 4. The van der Waals surface area contributed by atoms with Crippen LogP contribution in [-0.4, -0.2) is 40.4 Å². The Kier molecular flexibility index (Phi) is 5.60. The van der Waals surface area contributed by atoms with E-state index in [0.29, 0.717) is 0 Å². The van der Waals surface area contributed by atoms with E-state index in [9.17, 15) is 9.59 Å². The van der Waals surface area contributed by atoms with Crippen molar-refractivity contribution < 1.29 is 19.1 Å². The number of carbonyl (C=O) groups excluding carboxylic acids is 2. The monoisotopic (exact) mass is 243 g/mol. The zero-order valence-corrected chi connectivity index (χ0v) is 11.2. The SMILES string of the molecule is COC(=O)NC(C#C[Si](C)(C)C)C(=O)OC. The summed E-state index contributed by atoms with van der Waals surface area (Å²) in [6.07, 6.45) is -0.708. The van der Waals surface area contributed by atoms with Crippen molar-refractivity contribution in [2.24, 2.45) is 0 Å². The Hall–Kier alpha value is -1.48. The third kappa shape index (κ3) is 6.09. The zero-order chi connectivity index (χ0) is 12.8. The molecule has 0 aromatic heterocycles. The summed E-state index contributed by atoms with van der Waals surface area (Å²) in [5, 5.41) is 2.30. The predicted molar refractivity (Wildman–Crippen MR) is 62.5 cm³/mol. The van der Waals surface area contributed by atoms with E-state index >= 15 is 0 Å². The number of ether oxygens (including phenoxy) is 2. The highest BCUT2D eigenvalue weighted by Crippen LogP contribution is 1.97. The lowest BCUT2D eigenvalue weighted by Crippen LogP contribution is -2.40. The molecule has 1 amide bonds. The molecule has 0 aliphatic heterocycles. The van der Waals surface area contributed by atoms with Crippen LogP contribution in [0, 0.1) is 11.5 Å². The van der Waals surface area contributed by atoms with Crippen LogP contribution < -0.4 is 5.32 Å². The maximum Gasteiger partial charge on any atom is 0.408 e. The maximum absolute atomic E-state index is 11.3. The molecule has 1 atom stereocenters. The minimum Gasteiger partial charge on any atom is -0.467 e. The van der Waals surface area contributed by atoms with Gasteiger partial charge in [0.05, 0.1) is 14.2 Å². The second kappa shape index (κ2) is 6.18. The number of alkyl carbamates (subject to hydrolysis) is 1. The number of methoxy groups -OCH3 is 2. The summed E-state index contributed by atoms with van der Waals surface area (Å²) >= 11 is 0. The van der Waals surface area contributed by atoms with Crippen LogP contribution in [-0.2, 0) is 14.3 Å². The average Bonchev–Trinajstić information content (AvgIpc) is 2.21. The summed E-state index contributed by atoms with van der Waals surface area (Å²) in [5.74, 6) is 2.10. The molecule has 5 nitrogen and oxygen atoms in total. The van der Waals surface area contributed by atoms with E-state index in [0.717, 1.165) is 0 Å². The Balaban J connectivity index is 4.74. The lowest BCUT2D eigenvalue weighted by molar-refractivity contribution is -0.141. The first-order valence-electron chi connectivity index (χ1n) is 4.75. The molecule has 0 aromatic carbocycles. The van der Waals surface area contributed by atoms with Crippen molar-refractivity contribution in [1.82, 2.24) is 5.32 Å². The summed E-state index contributed by atoms with van der Waals surface area (Å²) in [5.41, 5.74) is 2.98. The van der Waals surface area contributed by atoms with Gasteiger partial charge in [-0.25, -0.2) is 9.59 Å². The van der Waals surface area contributed by atoms with Crippen LogP contribution >= 0.6 is 0 Å². The molecule has 0 aliphatic carbocycles. The van der Waals surface area contributed by atoms with Gasteiger partial charge in [-0.3, -0.25) is 5.32 Å². The van der Waals surface area contributed by atoms with Crippen molar-refractivity contribution in [2.45, 2.75) is 25.7 Å². The summed E-state index contributed by atoms with van der Waals surface area (Å²) in [7, 11) is 0.858. The molecule has 0 radical (unpaired) electrons. The molecule has 1 N–H and O–H groups in total. The Morgan fingerprint density at radius 3 is 2.12 bits per heavy atom. The predicted octanol–water partition coefficient (Wildman–Crippen LogP) is 0.765. The van der Waals surface area contributed by atoms with Crippen molar-refractivity contribution >= 4 is 20.1 Å². The second-order valence-corrected chi connectivity index (χ2v) is 8.86. The van der Waals surface area contributed by atoms with E-state index in [1.54, 1.807) is 0 Å². The normalized spacial score (nSPS) is 11.8. The minimum absolute atomic E-state index is 0.601. The fraction of sp³-hybridized carbons (Fsp3) is 0.600. The van der Waals surface area contributed by atoms with E-state index in [2.05, 4.69) is 26.3 Å². The average molecular weight is 243 g/mol. The Morgan fingerprint density at radius 2 is 1.75 bits per heavy atom. The van der Waals surface area contributed by atoms with Crippen LogP contribution in [0.15, 0.2) is 0 Å². The molecule has 0 bridgehead atoms. The molecule has 90 valence electrons. The van der Waals surface area contributed by atoms with Crippen LogP contribution in [0.3, 0.4) is 0 Å². The number of esters is 1. The molecule has 0 saturated heterocycles. The molecule has 0 rings (SSSR count). The van der Waals surface area contributed by atoms with Gasteiger partial charge in [0.2, 0.25) is 0 Å². The Morgan fingerprint density at radius 1 is 1.19 bits per heavy atom. The number of amides is 1. The molecular formula is C10H17NO4Si. The van der Waals surface area contributed by atoms with Crippen molar-refractivity contribution in [3.63, 3.8) is 0 Å². The molecule has 0 heterocycles. The number of nitrogens with one attached hydrogen (secondary N) is 1. The van der Waals surface area contributed by atoms with Crippen LogP contribution in [0.5, 0.6) is 0 Å². The second-order valence-electron chi connectivity index (χ2n) is 4.11. The summed E-state index contributed by atoms with van der Waals surface area (Å²) in [4.78, 5) is 22.3. The third-order valence-corrected chi connectivity index (χ3v) is 2.37. The van der Waals surface area contributed by atoms with Gasteiger partial charge in [0, 0.05) is 0 Å². The molecule has 6 heteroatoms. The molecule has 0 aliphatic rings. The van der Waals surface area contributed by atoms with E-state index < -0.39 is 26.2 Å². The smallest absolute Gasteiger partial charge is 0.408 e. The molecule has 0 spiro atoms. The number of rotatable bonds is 2. The fourth-order valence-electron chi connectivity index (χ4n) is 0.737. The van der Waals surface area contributed by atoms with Crippen LogP contribution in [0.1, 0.15) is 0 Å². The van der Waals surface area contributed by atoms with Gasteiger partial charge in [0.25, 0.3) is 0 Å². The summed E-state index contributed by atoms with van der Waals surface area (Å²) in [6.45, 7) is 6.10. The van der Waals surface area contributed by atoms with Crippen LogP contribution in [0.25, 0.3) is 0 Å². The highest BCUT2D eigenvalue weighted by Gasteiger charge is 2.20. The van der Waals surface area contributed by atoms with Crippen molar-refractivity contribution in [3.05, 3.63) is 0 Å². The molecule has 16 heavy (non-hydrogen) atoms. The van der Waals surface area contributed by atoms with Crippen molar-refractivity contribution in [3.8, 4) is 11.5 Å². The maximum atomic E-state index is 11.3. The van der Waals surface area contributed by atoms with Gasteiger partial charge in [-0.1, -0.05) is 25.6 Å². The van der Waals surface area contributed by atoms with Gasteiger partial charge in [-0.2, -0.15) is 0 Å². The highest BCUT2D eigenvalue weighted by molar-refractivity contribution is 6.83. The molecular weight excluding hydrogens is 226 g/mol. The zero-order valence-electron chi connectivity index (χ0n) is 10.2. The lowest BCUT2D eigenvalue weighted by Gasteiger charge is -2.11. The lowest BCUT2D eigenvalue weighted by atomic mass is 10.3. The van der Waals surface area contributed by atoms with Gasteiger partial charge >= 0.3 is 12.1 Å². The Bertz CT molecular complexity index is 324. The topological polar surface area (TPSA) is 64.6 Å². The van der Waals surface area contributed by atoms with E-state index in [1.807, 2.05) is 19.6 Å². The summed E-state index contributed by atoms with van der Waals surface area (Å²) < 4.78 is 8.92. The quantitative estimate of drug-likeness (QED) is 0.442. The number of hydrogen-bond donors (Lipinski definition) is 1. The highest BCUT2D eigenvalue weighted by atomic mass is 28.3. The number of carbonyl (C=O) groups is 2. The minimum atomic E-state index is -1.60. The van der Waals surface area contributed by atoms with Crippen LogP contribution in [0.4, 0.5) is 4.79 Å². The molecule has 0 saturated carbocycles. The van der Waals surface area contributed by atoms with Crippen LogP contribution in [0.2, 0.25) is 19.6 Å². The van der Waals surface area contributed by atoms with E-state index in [1.165, 1.54) is 14.2 Å². The molecule has 0 fully saturated rings. The first-order chi connectivity index (χ1) is 7.30. The fourth-order valence-corrected chi connectivity index (χ4v) is 1.31. The van der Waals surface area contributed by atoms with E-state index in [4.69, 9.17) is 0 Å². The van der Waals surface area contributed by atoms with Gasteiger partial charge in [-0.05, 0) is 0 Å². The third-order valence-electron chi connectivity index (χ3n) is 1.48. The molecule has 1 unspecified atom stereocenters.